The summed E-state index contributed by atoms with van der Waals surface area (Å²) in [6.07, 6.45) is 0. The summed E-state index contributed by atoms with van der Waals surface area (Å²) in [6.45, 7) is 0. The molecular formula is C15H8F2O3. The molecule has 100 valence electrons. The maximum Gasteiger partial charge on any atom is 0.335 e. The number of fused-ring (bicyclic) bond motifs is 1. The number of carbonyl (C=O) groups is 1. The van der Waals surface area contributed by atoms with Crippen molar-refractivity contribution in [1.82, 2.24) is 0 Å². The van der Waals surface area contributed by atoms with Crippen LogP contribution < -0.4 is 0 Å². The normalized spacial score (nSPS) is 10.9. The molecule has 3 nitrogen and oxygen atoms in total. The minimum atomic E-state index is -1.21. The zero-order chi connectivity index (χ0) is 14.3. The molecule has 0 bridgehead atoms. The first kappa shape index (κ1) is 12.3. The summed E-state index contributed by atoms with van der Waals surface area (Å²) in [5, 5.41) is 9.30. The van der Waals surface area contributed by atoms with Gasteiger partial charge in [0.2, 0.25) is 0 Å². The Morgan fingerprint density at radius 3 is 2.55 bits per heavy atom. The van der Waals surface area contributed by atoms with Gasteiger partial charge in [-0.15, -0.1) is 0 Å². The molecule has 0 amide bonds. The number of halogens is 2. The molecule has 0 aliphatic rings. The van der Waals surface area contributed by atoms with Gasteiger partial charge in [0, 0.05) is 5.39 Å². The van der Waals surface area contributed by atoms with Crippen LogP contribution in [0.25, 0.3) is 22.3 Å². The van der Waals surface area contributed by atoms with E-state index in [0.717, 1.165) is 6.07 Å². The fraction of sp³-hybridized carbons (Fsp3) is 0. The van der Waals surface area contributed by atoms with Crippen molar-refractivity contribution in [2.24, 2.45) is 0 Å². The van der Waals surface area contributed by atoms with Gasteiger partial charge in [0.15, 0.2) is 0 Å². The number of benzene rings is 2. The summed E-state index contributed by atoms with van der Waals surface area (Å²) in [5.74, 6) is -2.10. The summed E-state index contributed by atoms with van der Waals surface area (Å²) in [4.78, 5) is 10.7. The summed E-state index contributed by atoms with van der Waals surface area (Å²) in [7, 11) is 0. The van der Waals surface area contributed by atoms with E-state index in [2.05, 4.69) is 0 Å². The van der Waals surface area contributed by atoms with Crippen molar-refractivity contribution >= 4 is 16.9 Å². The minimum absolute atomic E-state index is 0.131. The van der Waals surface area contributed by atoms with Crippen molar-refractivity contribution in [3.63, 3.8) is 0 Å². The van der Waals surface area contributed by atoms with E-state index < -0.39 is 17.6 Å². The minimum Gasteiger partial charge on any atom is -0.478 e. The van der Waals surface area contributed by atoms with E-state index >= 15 is 0 Å². The zero-order valence-corrected chi connectivity index (χ0v) is 10.1. The number of hydrogen-bond acceptors (Lipinski definition) is 2. The largest absolute Gasteiger partial charge is 0.478 e. The molecular weight excluding hydrogens is 266 g/mol. The van der Waals surface area contributed by atoms with Gasteiger partial charge in [0.05, 0.1) is 11.1 Å². The molecule has 3 rings (SSSR count). The topological polar surface area (TPSA) is 50.4 Å². The molecule has 0 aliphatic carbocycles. The van der Waals surface area contributed by atoms with Crippen LogP contribution in [0.3, 0.4) is 0 Å². The Bertz CT molecular complexity index is 821. The molecule has 1 heterocycles. The maximum atomic E-state index is 13.9. The van der Waals surface area contributed by atoms with Crippen molar-refractivity contribution in [2.45, 2.75) is 0 Å². The monoisotopic (exact) mass is 274 g/mol. The zero-order valence-electron chi connectivity index (χ0n) is 10.1. The summed E-state index contributed by atoms with van der Waals surface area (Å²) >= 11 is 0. The van der Waals surface area contributed by atoms with Gasteiger partial charge in [0.1, 0.15) is 23.0 Å². The summed E-state index contributed by atoms with van der Waals surface area (Å²) in [5.41, 5.74) is 0.420. The first-order chi connectivity index (χ1) is 9.54. The van der Waals surface area contributed by atoms with Gasteiger partial charge in [0.25, 0.3) is 0 Å². The van der Waals surface area contributed by atoms with Crippen LogP contribution in [0.15, 0.2) is 46.9 Å². The molecule has 0 atom stereocenters. The standard InChI is InChI=1S/C15H8F2O3/c16-10-2-4-13-9(5-10)7-14(20-13)11-3-1-8(15(18)19)6-12(11)17/h1-7H,(H,18,19). The van der Waals surface area contributed by atoms with Crippen molar-refractivity contribution < 1.29 is 23.1 Å². The van der Waals surface area contributed by atoms with Crippen LogP contribution in [0.4, 0.5) is 8.78 Å². The highest BCUT2D eigenvalue weighted by Crippen LogP contribution is 2.30. The predicted molar refractivity (Wildman–Crippen MR) is 68.5 cm³/mol. The average molecular weight is 274 g/mol. The Balaban J connectivity index is 2.13. The molecule has 0 spiro atoms. The lowest BCUT2D eigenvalue weighted by Gasteiger charge is -2.00. The van der Waals surface area contributed by atoms with Crippen molar-refractivity contribution in [2.75, 3.05) is 0 Å². The number of rotatable bonds is 2. The number of furan rings is 1. The molecule has 1 aromatic heterocycles. The van der Waals surface area contributed by atoms with Crippen LogP contribution in [-0.2, 0) is 0 Å². The van der Waals surface area contributed by atoms with Crippen LogP contribution in [-0.4, -0.2) is 11.1 Å². The fourth-order valence-corrected chi connectivity index (χ4v) is 1.99. The lowest BCUT2D eigenvalue weighted by atomic mass is 10.1. The third kappa shape index (κ3) is 2.03. The maximum absolute atomic E-state index is 13.9. The van der Waals surface area contributed by atoms with E-state index in [1.54, 1.807) is 0 Å². The van der Waals surface area contributed by atoms with E-state index in [0.29, 0.717) is 11.0 Å². The number of hydrogen-bond donors (Lipinski definition) is 1. The molecule has 20 heavy (non-hydrogen) atoms. The van der Waals surface area contributed by atoms with Crippen molar-refractivity contribution in [3.05, 3.63) is 59.7 Å². The van der Waals surface area contributed by atoms with Gasteiger partial charge in [-0.2, -0.15) is 0 Å². The highest BCUT2D eigenvalue weighted by atomic mass is 19.1. The van der Waals surface area contributed by atoms with Crippen LogP contribution in [0.1, 0.15) is 10.4 Å². The second-order valence-corrected chi connectivity index (χ2v) is 4.29. The van der Waals surface area contributed by atoms with Crippen LogP contribution in [0.2, 0.25) is 0 Å². The van der Waals surface area contributed by atoms with Gasteiger partial charge >= 0.3 is 5.97 Å². The Morgan fingerprint density at radius 2 is 1.85 bits per heavy atom. The first-order valence-corrected chi connectivity index (χ1v) is 5.77. The summed E-state index contributed by atoms with van der Waals surface area (Å²) < 4.78 is 32.4. The number of carboxylic acid groups (broad SMARTS) is 1. The first-order valence-electron chi connectivity index (χ1n) is 5.77. The Kier molecular flexibility index (Phi) is 2.75. The molecule has 2 aromatic carbocycles. The smallest absolute Gasteiger partial charge is 0.335 e. The molecule has 3 aromatic rings. The van der Waals surface area contributed by atoms with E-state index in [1.165, 1.54) is 36.4 Å². The molecule has 0 fully saturated rings. The van der Waals surface area contributed by atoms with Crippen LogP contribution in [0.5, 0.6) is 0 Å². The Morgan fingerprint density at radius 1 is 1.05 bits per heavy atom. The average Bonchev–Trinajstić information content (AvgIpc) is 2.80. The third-order valence-corrected chi connectivity index (χ3v) is 2.96. The van der Waals surface area contributed by atoms with E-state index in [-0.39, 0.29) is 16.9 Å². The predicted octanol–water partition coefficient (Wildman–Crippen LogP) is 4.08. The molecule has 1 N–H and O–H groups in total. The summed E-state index contributed by atoms with van der Waals surface area (Å²) in [6, 6.07) is 9.03. The highest BCUT2D eigenvalue weighted by molar-refractivity contribution is 5.89. The quantitative estimate of drug-likeness (QED) is 0.766. The van der Waals surface area contributed by atoms with E-state index in [1.807, 2.05) is 0 Å². The van der Waals surface area contributed by atoms with Gasteiger partial charge in [-0.1, -0.05) is 0 Å². The Labute approximate surface area is 112 Å². The van der Waals surface area contributed by atoms with Gasteiger partial charge in [-0.25, -0.2) is 13.6 Å². The van der Waals surface area contributed by atoms with Crippen molar-refractivity contribution in [3.8, 4) is 11.3 Å². The number of carboxylic acids is 1. The molecule has 5 heteroatoms. The van der Waals surface area contributed by atoms with Gasteiger partial charge in [-0.3, -0.25) is 0 Å². The lowest BCUT2D eigenvalue weighted by Crippen LogP contribution is -1.97. The SMILES string of the molecule is O=C(O)c1ccc(-c2cc3cc(F)ccc3o2)c(F)c1. The molecule has 0 saturated carbocycles. The van der Waals surface area contributed by atoms with Gasteiger partial charge in [-0.05, 0) is 42.5 Å². The van der Waals surface area contributed by atoms with Crippen LogP contribution in [0, 0.1) is 11.6 Å². The van der Waals surface area contributed by atoms with Crippen molar-refractivity contribution in [1.29, 1.82) is 0 Å². The molecule has 0 radical (unpaired) electrons. The lowest BCUT2D eigenvalue weighted by molar-refractivity contribution is 0.0696. The molecule has 0 aliphatic heterocycles. The van der Waals surface area contributed by atoms with E-state index in [4.69, 9.17) is 9.52 Å². The fourth-order valence-electron chi connectivity index (χ4n) is 1.99. The van der Waals surface area contributed by atoms with E-state index in [9.17, 15) is 13.6 Å². The second-order valence-electron chi connectivity index (χ2n) is 4.29. The number of aromatic carboxylic acids is 1. The highest BCUT2D eigenvalue weighted by Gasteiger charge is 2.13. The molecule has 0 unspecified atom stereocenters. The second kappa shape index (κ2) is 4.45. The third-order valence-electron chi connectivity index (χ3n) is 2.96. The Hall–Kier alpha value is -2.69. The molecule has 0 saturated heterocycles. The van der Waals surface area contributed by atoms with Crippen LogP contribution >= 0.6 is 0 Å². The van der Waals surface area contributed by atoms with Gasteiger partial charge < -0.3 is 9.52 Å².